The maximum absolute atomic E-state index is 9.28. The minimum Gasteiger partial charge on any atom is -0.508 e. The normalized spacial score (nSPS) is 9.83. The minimum absolute atomic E-state index is 0.224. The molecule has 0 atom stereocenters. The molecule has 0 fully saturated rings. The van der Waals surface area contributed by atoms with Crippen molar-refractivity contribution in [1.82, 2.24) is 0 Å². The molecule has 0 saturated heterocycles. The number of nitrogens with zero attached hydrogens (tertiary/aromatic N) is 2. The van der Waals surface area contributed by atoms with Gasteiger partial charge in [0.1, 0.15) is 11.8 Å². The molecule has 0 saturated carbocycles. The third kappa shape index (κ3) is 2.47. The van der Waals surface area contributed by atoms with Gasteiger partial charge < -0.3 is 10.0 Å². The fourth-order valence-corrected chi connectivity index (χ4v) is 2.04. The van der Waals surface area contributed by atoms with Gasteiger partial charge in [0.05, 0.1) is 11.3 Å². The second kappa shape index (κ2) is 5.11. The Bertz CT molecular complexity index is 602. The number of rotatable bonds is 2. The molecule has 90 valence electrons. The first kappa shape index (κ1) is 12.5. The molecule has 0 aliphatic rings. The van der Waals surface area contributed by atoms with Crippen LogP contribution in [0, 0.1) is 11.3 Å². The van der Waals surface area contributed by atoms with E-state index in [1.807, 2.05) is 24.1 Å². The summed E-state index contributed by atoms with van der Waals surface area (Å²) in [5.74, 6) is 0.224. The summed E-state index contributed by atoms with van der Waals surface area (Å²) >= 11 is 3.40. The molecule has 2 aromatic carbocycles. The van der Waals surface area contributed by atoms with Crippen LogP contribution in [0.15, 0.2) is 46.9 Å². The molecule has 0 radical (unpaired) electrons. The van der Waals surface area contributed by atoms with Gasteiger partial charge in [-0.15, -0.1) is 0 Å². The lowest BCUT2D eigenvalue weighted by molar-refractivity contribution is 0.475. The summed E-state index contributed by atoms with van der Waals surface area (Å²) < 4.78 is 0.919. The van der Waals surface area contributed by atoms with Crippen molar-refractivity contribution in [3.05, 3.63) is 52.5 Å². The molecule has 0 aromatic heterocycles. The number of aromatic hydroxyl groups is 1. The highest BCUT2D eigenvalue weighted by Gasteiger charge is 2.09. The highest BCUT2D eigenvalue weighted by molar-refractivity contribution is 9.10. The maximum atomic E-state index is 9.28. The minimum atomic E-state index is 0.224. The first-order valence-electron chi connectivity index (χ1n) is 5.34. The zero-order valence-electron chi connectivity index (χ0n) is 9.76. The fraction of sp³-hybridized carbons (Fsp3) is 0.0714. The van der Waals surface area contributed by atoms with E-state index >= 15 is 0 Å². The molecule has 0 bridgehead atoms. The molecule has 1 N–H and O–H groups in total. The molecular weight excluding hydrogens is 292 g/mol. The van der Waals surface area contributed by atoms with E-state index in [4.69, 9.17) is 5.26 Å². The first-order chi connectivity index (χ1) is 8.61. The van der Waals surface area contributed by atoms with Crippen molar-refractivity contribution in [2.75, 3.05) is 11.9 Å². The van der Waals surface area contributed by atoms with Crippen LogP contribution in [-0.4, -0.2) is 12.2 Å². The summed E-state index contributed by atoms with van der Waals surface area (Å²) in [6, 6.07) is 14.5. The van der Waals surface area contributed by atoms with Crippen LogP contribution in [0.2, 0.25) is 0 Å². The quantitative estimate of drug-likeness (QED) is 0.918. The summed E-state index contributed by atoms with van der Waals surface area (Å²) in [5.41, 5.74) is 2.33. The van der Waals surface area contributed by atoms with Crippen LogP contribution in [0.5, 0.6) is 5.75 Å². The number of phenolic OH excluding ortho intramolecular Hbond substituents is 1. The van der Waals surface area contributed by atoms with Crippen LogP contribution in [-0.2, 0) is 0 Å². The van der Waals surface area contributed by atoms with Gasteiger partial charge in [-0.25, -0.2) is 0 Å². The fourth-order valence-electron chi connectivity index (χ4n) is 1.69. The molecular formula is C14H11BrN2O. The molecule has 2 aromatic rings. The number of hydrogen-bond acceptors (Lipinski definition) is 3. The van der Waals surface area contributed by atoms with Gasteiger partial charge >= 0.3 is 0 Å². The number of benzene rings is 2. The standard InChI is InChI=1S/C14H11BrN2O/c1-17(12-4-6-13(18)7-5-12)14-8-11(15)3-2-10(14)9-16/h2-8,18H,1H3. The van der Waals surface area contributed by atoms with Crippen molar-refractivity contribution in [2.45, 2.75) is 0 Å². The van der Waals surface area contributed by atoms with Gasteiger partial charge in [0.2, 0.25) is 0 Å². The average Bonchev–Trinajstić information content (AvgIpc) is 2.39. The lowest BCUT2D eigenvalue weighted by Crippen LogP contribution is -2.10. The monoisotopic (exact) mass is 302 g/mol. The molecule has 0 heterocycles. The Balaban J connectivity index is 2.45. The van der Waals surface area contributed by atoms with E-state index < -0.39 is 0 Å². The second-order valence-electron chi connectivity index (χ2n) is 3.85. The Labute approximate surface area is 114 Å². The number of phenols is 1. The SMILES string of the molecule is CN(c1ccc(O)cc1)c1cc(Br)ccc1C#N. The van der Waals surface area contributed by atoms with E-state index in [2.05, 4.69) is 22.0 Å². The van der Waals surface area contributed by atoms with E-state index in [9.17, 15) is 5.11 Å². The molecule has 0 amide bonds. The van der Waals surface area contributed by atoms with Gasteiger partial charge in [-0.05, 0) is 42.5 Å². The smallest absolute Gasteiger partial charge is 0.115 e. The molecule has 0 spiro atoms. The van der Waals surface area contributed by atoms with Crippen LogP contribution in [0.3, 0.4) is 0 Å². The summed E-state index contributed by atoms with van der Waals surface area (Å²) in [6.07, 6.45) is 0. The average molecular weight is 303 g/mol. The Morgan fingerprint density at radius 2 is 1.83 bits per heavy atom. The predicted molar refractivity (Wildman–Crippen MR) is 75.0 cm³/mol. The van der Waals surface area contributed by atoms with Gasteiger partial charge in [0, 0.05) is 17.2 Å². The summed E-state index contributed by atoms with van der Waals surface area (Å²) in [6.45, 7) is 0. The maximum Gasteiger partial charge on any atom is 0.115 e. The van der Waals surface area contributed by atoms with Crippen molar-refractivity contribution < 1.29 is 5.11 Å². The number of halogens is 1. The van der Waals surface area contributed by atoms with Gasteiger partial charge in [0.25, 0.3) is 0 Å². The van der Waals surface area contributed by atoms with Gasteiger partial charge in [-0.3, -0.25) is 0 Å². The van der Waals surface area contributed by atoms with Crippen molar-refractivity contribution in [2.24, 2.45) is 0 Å². The van der Waals surface area contributed by atoms with Crippen LogP contribution in [0.1, 0.15) is 5.56 Å². The lowest BCUT2D eigenvalue weighted by atomic mass is 10.1. The van der Waals surface area contributed by atoms with Crippen molar-refractivity contribution in [3.8, 4) is 11.8 Å². The number of anilines is 2. The molecule has 0 unspecified atom stereocenters. The third-order valence-corrected chi connectivity index (χ3v) is 3.17. The highest BCUT2D eigenvalue weighted by atomic mass is 79.9. The topological polar surface area (TPSA) is 47.3 Å². The Hall–Kier alpha value is -1.99. The molecule has 3 nitrogen and oxygen atoms in total. The lowest BCUT2D eigenvalue weighted by Gasteiger charge is -2.21. The largest absolute Gasteiger partial charge is 0.508 e. The van der Waals surface area contributed by atoms with Crippen LogP contribution >= 0.6 is 15.9 Å². The molecule has 0 aliphatic heterocycles. The molecule has 18 heavy (non-hydrogen) atoms. The zero-order chi connectivity index (χ0) is 13.1. The van der Waals surface area contributed by atoms with E-state index in [0.29, 0.717) is 5.56 Å². The van der Waals surface area contributed by atoms with Crippen LogP contribution in [0.25, 0.3) is 0 Å². The van der Waals surface area contributed by atoms with E-state index in [-0.39, 0.29) is 5.75 Å². The molecule has 2 rings (SSSR count). The Morgan fingerprint density at radius 3 is 2.44 bits per heavy atom. The van der Waals surface area contributed by atoms with E-state index in [1.54, 1.807) is 30.3 Å². The molecule has 0 aliphatic carbocycles. The zero-order valence-corrected chi connectivity index (χ0v) is 11.3. The molecule has 4 heteroatoms. The summed E-state index contributed by atoms with van der Waals surface area (Å²) in [4.78, 5) is 1.91. The Kier molecular flexibility index (Phi) is 3.54. The predicted octanol–water partition coefficient (Wildman–Crippen LogP) is 3.79. The van der Waals surface area contributed by atoms with E-state index in [1.165, 1.54) is 0 Å². The van der Waals surface area contributed by atoms with Crippen molar-refractivity contribution in [1.29, 1.82) is 5.26 Å². The van der Waals surface area contributed by atoms with Gasteiger partial charge in [0.15, 0.2) is 0 Å². The van der Waals surface area contributed by atoms with Crippen LogP contribution < -0.4 is 4.90 Å². The number of hydrogen-bond donors (Lipinski definition) is 1. The van der Waals surface area contributed by atoms with Gasteiger partial charge in [-0.1, -0.05) is 15.9 Å². The Morgan fingerprint density at radius 1 is 1.17 bits per heavy atom. The van der Waals surface area contributed by atoms with Crippen molar-refractivity contribution >= 4 is 27.3 Å². The highest BCUT2D eigenvalue weighted by Crippen LogP contribution is 2.30. The number of nitriles is 1. The summed E-state index contributed by atoms with van der Waals surface area (Å²) in [5, 5.41) is 18.4. The third-order valence-electron chi connectivity index (χ3n) is 2.68. The first-order valence-corrected chi connectivity index (χ1v) is 6.13. The second-order valence-corrected chi connectivity index (χ2v) is 4.76. The van der Waals surface area contributed by atoms with Crippen molar-refractivity contribution in [3.63, 3.8) is 0 Å². The summed E-state index contributed by atoms with van der Waals surface area (Å²) in [7, 11) is 1.88. The van der Waals surface area contributed by atoms with E-state index in [0.717, 1.165) is 15.8 Å². The van der Waals surface area contributed by atoms with Gasteiger partial charge in [-0.2, -0.15) is 5.26 Å². The van der Waals surface area contributed by atoms with Crippen LogP contribution in [0.4, 0.5) is 11.4 Å².